The van der Waals surface area contributed by atoms with E-state index >= 15 is 0 Å². The number of carbonyl (C=O) groups excluding carboxylic acids is 2. The van der Waals surface area contributed by atoms with Gasteiger partial charge in [0, 0.05) is 39.8 Å². The monoisotopic (exact) mass is 371 g/mol. The maximum atomic E-state index is 10.3. The van der Waals surface area contributed by atoms with Crippen LogP contribution in [0, 0.1) is 0 Å². The molecule has 0 aliphatic heterocycles. The van der Waals surface area contributed by atoms with Crippen LogP contribution in [0.4, 0.5) is 9.59 Å². The van der Waals surface area contributed by atoms with Crippen LogP contribution in [0.2, 0.25) is 0 Å². The number of aliphatic hydroxyl groups is 1. The summed E-state index contributed by atoms with van der Waals surface area (Å²) in [7, 11) is 4.02. The SMILES string of the molecule is COC(=O)OCC(C)O.COC(=O)OCC(C)OC.[Y]. The van der Waals surface area contributed by atoms with Crippen molar-refractivity contribution < 1.29 is 71.1 Å². The molecule has 1 N–H and O–H groups in total. The number of rotatable bonds is 5. The number of hydrogen-bond acceptors (Lipinski definition) is 8. The van der Waals surface area contributed by atoms with E-state index in [2.05, 4.69) is 18.9 Å². The number of aliphatic hydroxyl groups excluding tert-OH is 1. The van der Waals surface area contributed by atoms with Crippen molar-refractivity contribution in [2.24, 2.45) is 0 Å². The summed E-state index contributed by atoms with van der Waals surface area (Å²) in [6, 6.07) is 0. The Labute approximate surface area is 143 Å². The summed E-state index contributed by atoms with van der Waals surface area (Å²) >= 11 is 0. The molecule has 0 spiro atoms. The molecule has 0 aromatic rings. The van der Waals surface area contributed by atoms with Crippen molar-refractivity contribution in [2.45, 2.75) is 26.1 Å². The van der Waals surface area contributed by atoms with Crippen LogP contribution in [0.1, 0.15) is 13.8 Å². The van der Waals surface area contributed by atoms with Gasteiger partial charge in [-0.3, -0.25) is 0 Å². The summed E-state index contributed by atoms with van der Waals surface area (Å²) in [6.45, 7) is 3.52. The molecule has 0 saturated carbocycles. The third-order valence-electron chi connectivity index (χ3n) is 1.61. The molecule has 0 bridgehead atoms. The van der Waals surface area contributed by atoms with Gasteiger partial charge in [-0.25, -0.2) is 9.59 Å². The molecule has 0 rings (SSSR count). The van der Waals surface area contributed by atoms with Crippen LogP contribution in [0.25, 0.3) is 0 Å². The second-order valence-corrected chi connectivity index (χ2v) is 3.43. The first-order valence-corrected chi connectivity index (χ1v) is 5.49. The Morgan fingerprint density at radius 1 is 0.950 bits per heavy atom. The number of ether oxygens (including phenoxy) is 5. The molecule has 0 heterocycles. The van der Waals surface area contributed by atoms with Gasteiger partial charge in [0.25, 0.3) is 0 Å². The van der Waals surface area contributed by atoms with E-state index in [-0.39, 0.29) is 52.0 Å². The minimum absolute atomic E-state index is 0. The molecule has 2 unspecified atom stereocenters. The van der Waals surface area contributed by atoms with Gasteiger partial charge < -0.3 is 28.8 Å². The van der Waals surface area contributed by atoms with E-state index in [9.17, 15) is 9.59 Å². The quantitative estimate of drug-likeness (QED) is 0.713. The van der Waals surface area contributed by atoms with Crippen LogP contribution in [0.3, 0.4) is 0 Å². The van der Waals surface area contributed by atoms with Gasteiger partial charge in [-0.05, 0) is 13.8 Å². The number of carbonyl (C=O) groups is 2. The minimum atomic E-state index is -0.768. The van der Waals surface area contributed by atoms with Gasteiger partial charge in [-0.2, -0.15) is 0 Å². The van der Waals surface area contributed by atoms with E-state index in [0.29, 0.717) is 0 Å². The van der Waals surface area contributed by atoms with Crippen molar-refractivity contribution in [1.82, 2.24) is 0 Å². The van der Waals surface area contributed by atoms with Crippen LogP contribution in [0.15, 0.2) is 0 Å². The fraction of sp³-hybridized carbons (Fsp3) is 0.818. The normalized spacial score (nSPS) is 11.7. The first-order valence-electron chi connectivity index (χ1n) is 5.49. The molecular formula is C11H22O8Y. The van der Waals surface area contributed by atoms with Gasteiger partial charge in [-0.15, -0.1) is 0 Å². The topological polar surface area (TPSA) is 101 Å². The molecule has 117 valence electrons. The number of hydrogen-bond donors (Lipinski definition) is 1. The molecule has 2 atom stereocenters. The zero-order valence-electron chi connectivity index (χ0n) is 12.5. The van der Waals surface area contributed by atoms with Gasteiger partial charge in [-0.1, -0.05) is 0 Å². The van der Waals surface area contributed by atoms with Gasteiger partial charge in [0.2, 0.25) is 0 Å². The van der Waals surface area contributed by atoms with Crippen molar-refractivity contribution in [3.63, 3.8) is 0 Å². The van der Waals surface area contributed by atoms with Crippen LogP contribution < -0.4 is 0 Å². The second-order valence-electron chi connectivity index (χ2n) is 3.43. The molecule has 0 aromatic heterocycles. The maximum absolute atomic E-state index is 10.3. The summed E-state index contributed by atoms with van der Waals surface area (Å²) in [5.41, 5.74) is 0. The van der Waals surface area contributed by atoms with Crippen molar-refractivity contribution in [1.29, 1.82) is 0 Å². The van der Waals surface area contributed by atoms with Gasteiger partial charge in [0.15, 0.2) is 0 Å². The van der Waals surface area contributed by atoms with Crippen LogP contribution in [-0.4, -0.2) is 64.2 Å². The Morgan fingerprint density at radius 2 is 1.35 bits per heavy atom. The number of methoxy groups -OCH3 is 3. The molecule has 0 amide bonds. The Morgan fingerprint density at radius 3 is 1.65 bits per heavy atom. The third-order valence-corrected chi connectivity index (χ3v) is 1.61. The van der Waals surface area contributed by atoms with E-state index in [1.807, 2.05) is 0 Å². The fourth-order valence-corrected chi connectivity index (χ4v) is 0.560. The molecule has 8 nitrogen and oxygen atoms in total. The van der Waals surface area contributed by atoms with Gasteiger partial charge >= 0.3 is 12.3 Å². The molecule has 1 radical (unpaired) electrons. The van der Waals surface area contributed by atoms with Gasteiger partial charge in [0.05, 0.1) is 26.4 Å². The Kier molecular flexibility index (Phi) is 20.4. The molecule has 0 aromatic carbocycles. The van der Waals surface area contributed by atoms with Crippen molar-refractivity contribution in [3.8, 4) is 0 Å². The molecule has 20 heavy (non-hydrogen) atoms. The Hall–Kier alpha value is -0.436. The van der Waals surface area contributed by atoms with E-state index in [0.717, 1.165) is 0 Å². The van der Waals surface area contributed by atoms with Crippen molar-refractivity contribution in [3.05, 3.63) is 0 Å². The third kappa shape index (κ3) is 19.9. The average Bonchev–Trinajstić information content (AvgIpc) is 2.41. The van der Waals surface area contributed by atoms with Crippen molar-refractivity contribution in [2.75, 3.05) is 34.5 Å². The zero-order valence-corrected chi connectivity index (χ0v) is 15.3. The van der Waals surface area contributed by atoms with Crippen LogP contribution in [0.5, 0.6) is 0 Å². The molecule has 9 heteroatoms. The smallest absolute Gasteiger partial charge is 0.438 e. The van der Waals surface area contributed by atoms with Crippen LogP contribution >= 0.6 is 0 Å². The largest absolute Gasteiger partial charge is 0.508 e. The summed E-state index contributed by atoms with van der Waals surface area (Å²) in [5.74, 6) is 0. The predicted octanol–water partition coefficient (Wildman–Crippen LogP) is 0.952. The minimum Gasteiger partial charge on any atom is -0.438 e. The first kappa shape index (κ1) is 24.6. The molecular weight excluding hydrogens is 349 g/mol. The van der Waals surface area contributed by atoms with Crippen molar-refractivity contribution >= 4 is 12.3 Å². The summed E-state index contributed by atoms with van der Waals surface area (Å²) in [4.78, 5) is 20.5. The Bertz CT molecular complexity index is 247. The zero-order chi connectivity index (χ0) is 15.3. The average molecular weight is 371 g/mol. The Balaban J connectivity index is -0.000000277. The van der Waals surface area contributed by atoms with E-state index < -0.39 is 18.4 Å². The molecule has 0 aliphatic rings. The maximum Gasteiger partial charge on any atom is 0.508 e. The van der Waals surface area contributed by atoms with Crippen LogP contribution in [-0.2, 0) is 56.4 Å². The summed E-state index contributed by atoms with van der Waals surface area (Å²) in [6.07, 6.45) is -2.16. The fourth-order valence-electron chi connectivity index (χ4n) is 0.560. The molecule has 0 saturated heterocycles. The van der Waals surface area contributed by atoms with E-state index in [1.54, 1.807) is 14.0 Å². The van der Waals surface area contributed by atoms with E-state index in [1.165, 1.54) is 21.1 Å². The molecule has 0 aliphatic carbocycles. The standard InChI is InChI=1S/C6H12O4.C5H10O4.Y/c1-5(8-2)4-10-6(7)9-3;1-4(6)3-9-5(7)8-2;/h5H,4H2,1-3H3;4,6H,3H2,1-2H3;. The first-order chi connectivity index (χ1) is 8.87. The summed E-state index contributed by atoms with van der Waals surface area (Å²) < 4.78 is 22.1. The van der Waals surface area contributed by atoms with E-state index in [4.69, 9.17) is 9.84 Å². The summed E-state index contributed by atoms with van der Waals surface area (Å²) in [5, 5.41) is 8.56. The predicted molar refractivity (Wildman–Crippen MR) is 64.9 cm³/mol. The molecule has 0 fully saturated rings. The second kappa shape index (κ2) is 16.6. The van der Waals surface area contributed by atoms with Gasteiger partial charge in [0.1, 0.15) is 13.2 Å².